The van der Waals surface area contributed by atoms with Gasteiger partial charge in [-0.3, -0.25) is 4.79 Å². The summed E-state index contributed by atoms with van der Waals surface area (Å²) in [6, 6.07) is 11.5. The Morgan fingerprint density at radius 2 is 2.00 bits per heavy atom. The van der Waals surface area contributed by atoms with Crippen molar-refractivity contribution in [3.8, 4) is 0 Å². The molecule has 0 spiro atoms. The Morgan fingerprint density at radius 1 is 1.30 bits per heavy atom. The number of nitrogens with zero attached hydrogens (tertiary/aromatic N) is 1. The Hall–Kier alpha value is -1.65. The van der Waals surface area contributed by atoms with E-state index >= 15 is 0 Å². The van der Waals surface area contributed by atoms with Gasteiger partial charge in [-0.15, -0.1) is 11.3 Å². The minimum Gasteiger partial charge on any atom is -0.339 e. The SMILES string of the molecule is Cc1ccsc1CN(C)C(=O)[C@H](N)Cc1ccccc1. The van der Waals surface area contributed by atoms with Crippen LogP contribution in [0.1, 0.15) is 16.0 Å². The molecule has 3 nitrogen and oxygen atoms in total. The van der Waals surface area contributed by atoms with Crippen LogP contribution < -0.4 is 5.73 Å². The second-order valence-corrected chi connectivity index (χ2v) is 6.02. The molecule has 0 aliphatic heterocycles. The van der Waals surface area contributed by atoms with Crippen molar-refractivity contribution in [1.29, 1.82) is 0 Å². The molecule has 1 aromatic heterocycles. The highest BCUT2D eigenvalue weighted by Gasteiger charge is 2.19. The van der Waals surface area contributed by atoms with E-state index in [0.29, 0.717) is 13.0 Å². The molecule has 2 rings (SSSR count). The number of amides is 1. The highest BCUT2D eigenvalue weighted by atomic mass is 32.1. The van der Waals surface area contributed by atoms with E-state index in [-0.39, 0.29) is 5.91 Å². The van der Waals surface area contributed by atoms with Gasteiger partial charge in [0.15, 0.2) is 0 Å². The van der Waals surface area contributed by atoms with Gasteiger partial charge in [0.25, 0.3) is 0 Å². The number of aryl methyl sites for hydroxylation is 1. The molecule has 1 heterocycles. The summed E-state index contributed by atoms with van der Waals surface area (Å²) in [6.45, 7) is 2.69. The van der Waals surface area contributed by atoms with Crippen LogP contribution in [0.15, 0.2) is 41.8 Å². The van der Waals surface area contributed by atoms with Crippen molar-refractivity contribution in [1.82, 2.24) is 4.90 Å². The smallest absolute Gasteiger partial charge is 0.239 e. The van der Waals surface area contributed by atoms with Crippen LogP contribution in [0.2, 0.25) is 0 Å². The number of hydrogen-bond acceptors (Lipinski definition) is 3. The van der Waals surface area contributed by atoms with Crippen LogP contribution in [-0.4, -0.2) is 23.9 Å². The summed E-state index contributed by atoms with van der Waals surface area (Å²) < 4.78 is 0. The maximum atomic E-state index is 12.3. The molecule has 0 radical (unpaired) electrons. The fourth-order valence-electron chi connectivity index (χ4n) is 2.10. The van der Waals surface area contributed by atoms with E-state index in [4.69, 9.17) is 5.73 Å². The van der Waals surface area contributed by atoms with E-state index in [1.165, 1.54) is 10.4 Å². The van der Waals surface area contributed by atoms with Gasteiger partial charge in [0.2, 0.25) is 5.91 Å². The van der Waals surface area contributed by atoms with Crippen LogP contribution in [0.4, 0.5) is 0 Å². The van der Waals surface area contributed by atoms with Gasteiger partial charge in [0.05, 0.1) is 12.6 Å². The van der Waals surface area contributed by atoms with E-state index in [1.54, 1.807) is 16.2 Å². The summed E-state index contributed by atoms with van der Waals surface area (Å²) in [4.78, 5) is 15.2. The van der Waals surface area contributed by atoms with E-state index < -0.39 is 6.04 Å². The minimum atomic E-state index is -0.484. The molecule has 20 heavy (non-hydrogen) atoms. The largest absolute Gasteiger partial charge is 0.339 e. The van der Waals surface area contributed by atoms with Gasteiger partial charge in [0.1, 0.15) is 0 Å². The summed E-state index contributed by atoms with van der Waals surface area (Å²) in [5, 5.41) is 2.05. The van der Waals surface area contributed by atoms with Crippen molar-refractivity contribution in [3.05, 3.63) is 57.8 Å². The zero-order valence-electron chi connectivity index (χ0n) is 11.9. The molecule has 0 bridgehead atoms. The molecule has 0 aliphatic rings. The lowest BCUT2D eigenvalue weighted by Crippen LogP contribution is -2.42. The van der Waals surface area contributed by atoms with Gasteiger partial charge in [-0.1, -0.05) is 30.3 Å². The third-order valence-corrected chi connectivity index (χ3v) is 4.35. The number of benzene rings is 1. The van der Waals surface area contributed by atoms with Gasteiger partial charge in [-0.05, 0) is 35.9 Å². The zero-order valence-corrected chi connectivity index (χ0v) is 12.7. The molecule has 0 fully saturated rings. The maximum Gasteiger partial charge on any atom is 0.239 e. The molecular formula is C16H20N2OS. The minimum absolute atomic E-state index is 0.0124. The van der Waals surface area contributed by atoms with Crippen LogP contribution in [0.5, 0.6) is 0 Å². The number of rotatable bonds is 5. The topological polar surface area (TPSA) is 46.3 Å². The monoisotopic (exact) mass is 288 g/mol. The summed E-state index contributed by atoms with van der Waals surface area (Å²) in [6.07, 6.45) is 0.577. The van der Waals surface area contributed by atoms with Crippen molar-refractivity contribution >= 4 is 17.2 Å². The predicted octanol–water partition coefficient (Wildman–Crippen LogP) is 2.58. The first-order valence-corrected chi connectivity index (χ1v) is 7.53. The summed E-state index contributed by atoms with van der Waals surface area (Å²) in [5.74, 6) is -0.0124. The molecule has 1 aromatic carbocycles. The first-order chi connectivity index (χ1) is 9.58. The quantitative estimate of drug-likeness (QED) is 0.919. The van der Waals surface area contributed by atoms with Crippen LogP contribution in [0.25, 0.3) is 0 Å². The fourth-order valence-corrected chi connectivity index (χ4v) is 3.06. The molecular weight excluding hydrogens is 268 g/mol. The maximum absolute atomic E-state index is 12.3. The number of thiophene rings is 1. The molecule has 2 N–H and O–H groups in total. The lowest BCUT2D eigenvalue weighted by Gasteiger charge is -2.21. The highest BCUT2D eigenvalue weighted by molar-refractivity contribution is 7.10. The zero-order chi connectivity index (χ0) is 14.5. The number of nitrogens with two attached hydrogens (primary N) is 1. The molecule has 0 saturated carbocycles. The summed E-state index contributed by atoms with van der Waals surface area (Å²) in [5.41, 5.74) is 8.35. The van der Waals surface area contributed by atoms with E-state index in [1.807, 2.05) is 42.8 Å². The summed E-state index contributed by atoms with van der Waals surface area (Å²) >= 11 is 1.68. The molecule has 1 atom stereocenters. The fraction of sp³-hybridized carbons (Fsp3) is 0.312. The molecule has 0 unspecified atom stereocenters. The van der Waals surface area contributed by atoms with E-state index in [2.05, 4.69) is 13.0 Å². The van der Waals surface area contributed by atoms with Gasteiger partial charge < -0.3 is 10.6 Å². The van der Waals surface area contributed by atoms with Crippen LogP contribution in [0.3, 0.4) is 0 Å². The Morgan fingerprint density at radius 3 is 2.60 bits per heavy atom. The Labute approximate surface area is 124 Å². The van der Waals surface area contributed by atoms with Gasteiger partial charge >= 0.3 is 0 Å². The van der Waals surface area contributed by atoms with Crippen molar-refractivity contribution in [2.75, 3.05) is 7.05 Å². The molecule has 4 heteroatoms. The average Bonchev–Trinajstić information content (AvgIpc) is 2.84. The van der Waals surface area contributed by atoms with E-state index in [9.17, 15) is 4.79 Å². The molecule has 1 amide bonds. The standard InChI is InChI=1S/C16H20N2OS/c1-12-8-9-20-15(12)11-18(2)16(19)14(17)10-13-6-4-3-5-7-13/h3-9,14H,10-11,17H2,1-2H3/t14-/m1/s1. The molecule has 0 saturated heterocycles. The lowest BCUT2D eigenvalue weighted by molar-refractivity contribution is -0.131. The average molecular weight is 288 g/mol. The third kappa shape index (κ3) is 3.68. The Bertz CT molecular complexity index is 565. The summed E-state index contributed by atoms with van der Waals surface area (Å²) in [7, 11) is 1.81. The Balaban J connectivity index is 1.94. The van der Waals surface area contributed by atoms with Gasteiger partial charge in [0, 0.05) is 11.9 Å². The van der Waals surface area contributed by atoms with Crippen LogP contribution in [-0.2, 0) is 17.8 Å². The molecule has 2 aromatic rings. The lowest BCUT2D eigenvalue weighted by atomic mass is 10.1. The normalized spacial score (nSPS) is 12.2. The van der Waals surface area contributed by atoms with Crippen LogP contribution >= 0.6 is 11.3 Å². The predicted molar refractivity (Wildman–Crippen MR) is 83.7 cm³/mol. The number of likely N-dealkylation sites (N-methyl/N-ethyl adjacent to an activating group) is 1. The van der Waals surface area contributed by atoms with Crippen molar-refractivity contribution in [2.45, 2.75) is 25.9 Å². The molecule has 106 valence electrons. The second-order valence-electron chi connectivity index (χ2n) is 5.02. The van der Waals surface area contributed by atoms with Gasteiger partial charge in [-0.2, -0.15) is 0 Å². The van der Waals surface area contributed by atoms with Crippen molar-refractivity contribution in [3.63, 3.8) is 0 Å². The number of carbonyl (C=O) groups is 1. The number of carbonyl (C=O) groups excluding carboxylic acids is 1. The highest BCUT2D eigenvalue weighted by Crippen LogP contribution is 2.17. The first kappa shape index (κ1) is 14.8. The third-order valence-electron chi connectivity index (χ3n) is 3.34. The van der Waals surface area contributed by atoms with Crippen molar-refractivity contribution < 1.29 is 4.79 Å². The first-order valence-electron chi connectivity index (χ1n) is 6.65. The second kappa shape index (κ2) is 6.68. The van der Waals surface area contributed by atoms with Gasteiger partial charge in [-0.25, -0.2) is 0 Å². The number of hydrogen-bond donors (Lipinski definition) is 1. The molecule has 0 aliphatic carbocycles. The van der Waals surface area contributed by atoms with Crippen LogP contribution in [0, 0.1) is 6.92 Å². The Kier molecular flexibility index (Phi) is 4.93. The van der Waals surface area contributed by atoms with Crippen molar-refractivity contribution in [2.24, 2.45) is 5.73 Å². The van der Waals surface area contributed by atoms with E-state index in [0.717, 1.165) is 5.56 Å².